The van der Waals surface area contributed by atoms with Gasteiger partial charge >= 0.3 is 11.9 Å². The molecular formula is C14H26N2O4. The lowest BCUT2D eigenvalue weighted by molar-refractivity contribution is -0.134. The van der Waals surface area contributed by atoms with E-state index in [1.54, 1.807) is 0 Å². The zero-order valence-corrected chi connectivity index (χ0v) is 11.9. The fraction of sp³-hybridized carbons (Fsp3) is 0.714. The second-order valence-corrected chi connectivity index (χ2v) is 4.63. The average molecular weight is 286 g/mol. The van der Waals surface area contributed by atoms with Crippen molar-refractivity contribution in [1.29, 1.82) is 0 Å². The van der Waals surface area contributed by atoms with Crippen LogP contribution in [0.2, 0.25) is 0 Å². The Morgan fingerprint density at radius 2 is 0.950 bits per heavy atom. The standard InChI is InChI=1S/2C5H11N.C4H4O4/c2*1-2-4-6-5-3-1;5-3(6)1-2-4(7)8/h2*6H,1-5H2;1-2H,(H,5,6)(H,7,8)/b;;2-1-. The number of hydrogen-bond donors (Lipinski definition) is 4. The van der Waals surface area contributed by atoms with Crippen molar-refractivity contribution in [3.63, 3.8) is 0 Å². The molecule has 0 aliphatic carbocycles. The highest BCUT2D eigenvalue weighted by molar-refractivity contribution is 5.89. The molecule has 2 saturated heterocycles. The molecule has 2 fully saturated rings. The molecule has 0 bridgehead atoms. The number of nitrogens with one attached hydrogen (secondary N) is 2. The highest BCUT2D eigenvalue weighted by Gasteiger charge is 1.94. The number of carbonyl (C=O) groups is 2. The summed E-state index contributed by atoms with van der Waals surface area (Å²) in [6.45, 7) is 5.00. The van der Waals surface area contributed by atoms with Gasteiger partial charge in [0, 0.05) is 12.2 Å². The quantitative estimate of drug-likeness (QED) is 0.570. The lowest BCUT2D eigenvalue weighted by Crippen LogP contribution is -2.21. The Morgan fingerprint density at radius 1 is 0.650 bits per heavy atom. The van der Waals surface area contributed by atoms with Crippen molar-refractivity contribution < 1.29 is 19.8 Å². The van der Waals surface area contributed by atoms with Gasteiger partial charge in [0.2, 0.25) is 0 Å². The van der Waals surface area contributed by atoms with Crippen LogP contribution in [0.15, 0.2) is 12.2 Å². The predicted molar refractivity (Wildman–Crippen MR) is 77.9 cm³/mol. The Morgan fingerprint density at radius 3 is 1.05 bits per heavy atom. The van der Waals surface area contributed by atoms with Crippen LogP contribution < -0.4 is 10.6 Å². The number of hydrogen-bond acceptors (Lipinski definition) is 4. The maximum atomic E-state index is 9.55. The number of carboxylic acid groups (broad SMARTS) is 2. The molecule has 0 atom stereocenters. The lowest BCUT2D eigenvalue weighted by atomic mass is 10.2. The SMILES string of the molecule is C1CCNCC1.C1CCNCC1.O=C(O)/C=C\C(=O)O. The van der Waals surface area contributed by atoms with Crippen LogP contribution in [0.25, 0.3) is 0 Å². The minimum Gasteiger partial charge on any atom is -0.478 e. The Kier molecular flexibility index (Phi) is 13.0. The highest BCUT2D eigenvalue weighted by Crippen LogP contribution is 1.97. The van der Waals surface area contributed by atoms with Gasteiger partial charge in [-0.1, -0.05) is 12.8 Å². The van der Waals surface area contributed by atoms with Gasteiger partial charge in [-0.3, -0.25) is 0 Å². The van der Waals surface area contributed by atoms with E-state index in [4.69, 9.17) is 10.2 Å². The van der Waals surface area contributed by atoms with E-state index in [1.165, 1.54) is 64.7 Å². The first-order valence-electron chi connectivity index (χ1n) is 7.18. The lowest BCUT2D eigenvalue weighted by Gasteiger charge is -2.08. The molecule has 0 spiro atoms. The summed E-state index contributed by atoms with van der Waals surface area (Å²) in [5.41, 5.74) is 0. The molecule has 6 nitrogen and oxygen atoms in total. The molecule has 0 aromatic heterocycles. The van der Waals surface area contributed by atoms with E-state index in [2.05, 4.69) is 10.6 Å². The third kappa shape index (κ3) is 16.6. The molecule has 2 rings (SSSR count). The van der Waals surface area contributed by atoms with Crippen molar-refractivity contribution in [3.05, 3.63) is 12.2 Å². The van der Waals surface area contributed by atoms with Gasteiger partial charge in [-0.05, 0) is 51.9 Å². The van der Waals surface area contributed by atoms with Crippen LogP contribution in [-0.4, -0.2) is 48.3 Å². The zero-order valence-electron chi connectivity index (χ0n) is 11.9. The molecular weight excluding hydrogens is 260 g/mol. The number of aliphatic carboxylic acids is 2. The summed E-state index contributed by atoms with van der Waals surface area (Å²) in [7, 11) is 0. The fourth-order valence-electron chi connectivity index (χ4n) is 1.75. The third-order valence-electron chi connectivity index (χ3n) is 2.78. The van der Waals surface area contributed by atoms with Crippen LogP contribution >= 0.6 is 0 Å². The van der Waals surface area contributed by atoms with Crippen LogP contribution in [0.3, 0.4) is 0 Å². The molecule has 20 heavy (non-hydrogen) atoms. The summed E-state index contributed by atoms with van der Waals surface area (Å²) in [5, 5.41) is 22.2. The Labute approximate surface area is 120 Å². The zero-order chi connectivity index (χ0) is 15.1. The van der Waals surface area contributed by atoms with Crippen molar-refractivity contribution in [1.82, 2.24) is 10.6 Å². The van der Waals surface area contributed by atoms with Gasteiger partial charge in [0.25, 0.3) is 0 Å². The van der Waals surface area contributed by atoms with E-state index in [0.29, 0.717) is 12.2 Å². The molecule has 116 valence electrons. The second kappa shape index (κ2) is 14.0. The summed E-state index contributed by atoms with van der Waals surface area (Å²) < 4.78 is 0. The van der Waals surface area contributed by atoms with E-state index < -0.39 is 11.9 Å². The van der Waals surface area contributed by atoms with Gasteiger partial charge in [0.15, 0.2) is 0 Å². The minimum absolute atomic E-state index is 0.558. The largest absolute Gasteiger partial charge is 0.478 e. The van der Waals surface area contributed by atoms with Gasteiger partial charge in [-0.25, -0.2) is 9.59 Å². The summed E-state index contributed by atoms with van der Waals surface area (Å²) in [6, 6.07) is 0. The molecule has 0 aromatic carbocycles. The van der Waals surface area contributed by atoms with Crippen molar-refractivity contribution >= 4 is 11.9 Å². The molecule has 0 radical (unpaired) electrons. The number of piperidine rings is 2. The maximum Gasteiger partial charge on any atom is 0.328 e. The Bertz CT molecular complexity index is 234. The van der Waals surface area contributed by atoms with Crippen molar-refractivity contribution in [3.8, 4) is 0 Å². The average Bonchev–Trinajstić information content (AvgIpc) is 2.50. The fourth-order valence-corrected chi connectivity index (χ4v) is 1.75. The van der Waals surface area contributed by atoms with Crippen molar-refractivity contribution in [2.45, 2.75) is 38.5 Å². The molecule has 2 aliphatic rings. The summed E-state index contributed by atoms with van der Waals surface area (Å²) >= 11 is 0. The number of rotatable bonds is 2. The Hall–Kier alpha value is -1.40. The van der Waals surface area contributed by atoms with Gasteiger partial charge in [-0.15, -0.1) is 0 Å². The molecule has 0 unspecified atom stereocenters. The van der Waals surface area contributed by atoms with Crippen molar-refractivity contribution in [2.75, 3.05) is 26.2 Å². The normalized spacial score (nSPS) is 18.2. The third-order valence-corrected chi connectivity index (χ3v) is 2.78. The van der Waals surface area contributed by atoms with Crippen LogP contribution in [0.4, 0.5) is 0 Å². The summed E-state index contributed by atoms with van der Waals surface area (Å²) in [5.74, 6) is -2.51. The van der Waals surface area contributed by atoms with Gasteiger partial charge < -0.3 is 20.8 Å². The van der Waals surface area contributed by atoms with E-state index in [-0.39, 0.29) is 0 Å². The number of carboxylic acids is 2. The highest BCUT2D eigenvalue weighted by atomic mass is 16.4. The molecule has 6 heteroatoms. The topological polar surface area (TPSA) is 98.7 Å². The summed E-state index contributed by atoms with van der Waals surface area (Å²) in [6.07, 6.45) is 9.55. The molecule has 0 amide bonds. The van der Waals surface area contributed by atoms with Crippen LogP contribution in [0, 0.1) is 0 Å². The first-order chi connectivity index (χ1) is 9.63. The molecule has 2 heterocycles. The monoisotopic (exact) mass is 286 g/mol. The maximum absolute atomic E-state index is 9.55. The Balaban J connectivity index is 0.000000274. The van der Waals surface area contributed by atoms with Crippen LogP contribution in [0.1, 0.15) is 38.5 Å². The molecule has 2 aliphatic heterocycles. The second-order valence-electron chi connectivity index (χ2n) is 4.63. The van der Waals surface area contributed by atoms with Gasteiger partial charge in [-0.2, -0.15) is 0 Å². The van der Waals surface area contributed by atoms with Crippen molar-refractivity contribution in [2.24, 2.45) is 0 Å². The first kappa shape index (κ1) is 18.6. The van der Waals surface area contributed by atoms with Crippen LogP contribution in [0.5, 0.6) is 0 Å². The van der Waals surface area contributed by atoms with E-state index in [9.17, 15) is 9.59 Å². The van der Waals surface area contributed by atoms with Crippen LogP contribution in [-0.2, 0) is 9.59 Å². The summed E-state index contributed by atoms with van der Waals surface area (Å²) in [4.78, 5) is 19.1. The molecule has 4 N–H and O–H groups in total. The minimum atomic E-state index is -1.26. The molecule has 0 saturated carbocycles. The van der Waals surface area contributed by atoms with E-state index in [0.717, 1.165) is 0 Å². The predicted octanol–water partition coefficient (Wildman–Crippen LogP) is 1.23. The molecule has 0 aromatic rings. The van der Waals surface area contributed by atoms with Gasteiger partial charge in [0.05, 0.1) is 0 Å². The smallest absolute Gasteiger partial charge is 0.328 e. The van der Waals surface area contributed by atoms with Gasteiger partial charge in [0.1, 0.15) is 0 Å². The van der Waals surface area contributed by atoms with E-state index in [1.807, 2.05) is 0 Å². The van der Waals surface area contributed by atoms with E-state index >= 15 is 0 Å². The first-order valence-corrected chi connectivity index (χ1v) is 7.18.